The fourth-order valence-corrected chi connectivity index (χ4v) is 0.858. The van der Waals surface area contributed by atoms with Crippen LogP contribution in [0.3, 0.4) is 0 Å². The van der Waals surface area contributed by atoms with Crippen LogP contribution in [0.15, 0.2) is 5.10 Å². The Bertz CT molecular complexity index is 128. The third-order valence-corrected chi connectivity index (χ3v) is 1.56. The van der Waals surface area contributed by atoms with Crippen LogP contribution in [-0.4, -0.2) is 29.8 Å². The van der Waals surface area contributed by atoms with Gasteiger partial charge in [0.2, 0.25) is 0 Å². The maximum atomic E-state index is 9.55. The highest BCUT2D eigenvalue weighted by Crippen LogP contribution is 2.11. The summed E-state index contributed by atoms with van der Waals surface area (Å²) < 4.78 is 0. The lowest BCUT2D eigenvalue weighted by molar-refractivity contribution is 0.317. The SMILES string of the molecule is C=NN(B(O)C(C)C)C(C)C. The molecule has 0 heterocycles. The van der Waals surface area contributed by atoms with Crippen LogP contribution >= 0.6 is 0 Å². The minimum atomic E-state index is -0.521. The minimum absolute atomic E-state index is 0.183. The molecule has 0 aliphatic heterocycles. The quantitative estimate of drug-likeness (QED) is 0.377. The summed E-state index contributed by atoms with van der Waals surface area (Å²) in [7, 11) is -0.521. The molecule has 1 N–H and O–H groups in total. The Morgan fingerprint density at radius 1 is 1.36 bits per heavy atom. The highest BCUT2D eigenvalue weighted by Gasteiger charge is 2.25. The number of nitrogens with zero attached hydrogens (tertiary/aromatic N) is 2. The van der Waals surface area contributed by atoms with Gasteiger partial charge in [0, 0.05) is 12.8 Å². The summed E-state index contributed by atoms with van der Waals surface area (Å²) in [6.45, 7) is 11.2. The van der Waals surface area contributed by atoms with Crippen molar-refractivity contribution in [3.8, 4) is 0 Å². The lowest BCUT2D eigenvalue weighted by Gasteiger charge is -2.27. The number of hydrogen-bond acceptors (Lipinski definition) is 3. The molecule has 0 saturated carbocycles. The molecular weight excluding hydrogens is 139 g/mol. The molecule has 0 unspecified atom stereocenters. The molecule has 0 atom stereocenters. The van der Waals surface area contributed by atoms with Crippen molar-refractivity contribution in [1.82, 2.24) is 4.92 Å². The zero-order valence-corrected chi connectivity index (χ0v) is 7.78. The van der Waals surface area contributed by atoms with Crippen molar-refractivity contribution in [2.45, 2.75) is 39.6 Å². The zero-order valence-electron chi connectivity index (χ0n) is 7.78. The van der Waals surface area contributed by atoms with E-state index in [-0.39, 0.29) is 11.9 Å². The maximum absolute atomic E-state index is 9.55. The van der Waals surface area contributed by atoms with E-state index in [0.717, 1.165) is 0 Å². The van der Waals surface area contributed by atoms with Gasteiger partial charge in [-0.3, -0.25) is 0 Å². The Balaban J connectivity index is 4.13. The summed E-state index contributed by atoms with van der Waals surface area (Å²) in [5, 5.41) is 13.3. The second kappa shape index (κ2) is 4.39. The molecule has 4 heteroatoms. The van der Waals surface area contributed by atoms with Gasteiger partial charge in [0.25, 0.3) is 0 Å². The van der Waals surface area contributed by atoms with Gasteiger partial charge in [0.1, 0.15) is 0 Å². The van der Waals surface area contributed by atoms with E-state index >= 15 is 0 Å². The van der Waals surface area contributed by atoms with Crippen LogP contribution in [0.1, 0.15) is 27.7 Å². The Morgan fingerprint density at radius 3 is 1.91 bits per heavy atom. The van der Waals surface area contributed by atoms with Gasteiger partial charge >= 0.3 is 7.05 Å². The monoisotopic (exact) mass is 156 g/mol. The molecule has 0 fully saturated rings. The first-order valence-electron chi connectivity index (χ1n) is 3.93. The molecule has 0 rings (SSSR count). The fraction of sp³-hybridized carbons (Fsp3) is 0.857. The summed E-state index contributed by atoms with van der Waals surface area (Å²) in [6.07, 6.45) is 0. The summed E-state index contributed by atoms with van der Waals surface area (Å²) in [4.78, 5) is 1.60. The van der Waals surface area contributed by atoms with Gasteiger partial charge < -0.3 is 9.94 Å². The van der Waals surface area contributed by atoms with Crippen molar-refractivity contribution in [3.05, 3.63) is 0 Å². The summed E-state index contributed by atoms with van der Waals surface area (Å²) in [5.74, 6) is 0.183. The lowest BCUT2D eigenvalue weighted by Crippen LogP contribution is -2.42. The molecule has 3 nitrogen and oxygen atoms in total. The Kier molecular flexibility index (Phi) is 4.19. The van der Waals surface area contributed by atoms with Crippen LogP contribution in [0.4, 0.5) is 0 Å². The number of rotatable bonds is 4. The third kappa shape index (κ3) is 2.93. The molecule has 0 saturated heterocycles. The van der Waals surface area contributed by atoms with Crippen LogP contribution in [0.2, 0.25) is 5.82 Å². The molecule has 0 aliphatic carbocycles. The minimum Gasteiger partial charge on any atom is -0.431 e. The molecule has 0 aromatic rings. The van der Waals surface area contributed by atoms with Crippen molar-refractivity contribution in [1.29, 1.82) is 0 Å². The van der Waals surface area contributed by atoms with Crippen molar-refractivity contribution in [2.24, 2.45) is 5.10 Å². The van der Waals surface area contributed by atoms with Crippen molar-refractivity contribution < 1.29 is 5.02 Å². The first kappa shape index (κ1) is 10.5. The van der Waals surface area contributed by atoms with Gasteiger partial charge in [0.05, 0.1) is 0 Å². The molecule has 0 spiro atoms. The van der Waals surface area contributed by atoms with Crippen LogP contribution < -0.4 is 0 Å². The molecular formula is C7H17BN2O. The Hall–Kier alpha value is -0.505. The lowest BCUT2D eigenvalue weighted by atomic mass is 9.68. The van der Waals surface area contributed by atoms with E-state index in [9.17, 15) is 5.02 Å². The number of hydrazone groups is 1. The Morgan fingerprint density at radius 2 is 1.82 bits per heavy atom. The van der Waals surface area contributed by atoms with Gasteiger partial charge in [-0.2, -0.15) is 0 Å². The van der Waals surface area contributed by atoms with Crippen LogP contribution in [0.5, 0.6) is 0 Å². The first-order chi connectivity index (χ1) is 5.00. The van der Waals surface area contributed by atoms with Crippen molar-refractivity contribution >= 4 is 13.8 Å². The first-order valence-corrected chi connectivity index (χ1v) is 3.93. The highest BCUT2D eigenvalue weighted by atomic mass is 16.2. The van der Waals surface area contributed by atoms with E-state index in [1.165, 1.54) is 0 Å². The average Bonchev–Trinajstić information content (AvgIpc) is 1.88. The molecule has 0 amide bonds. The molecule has 0 aliphatic rings. The normalized spacial score (nSPS) is 10.5. The van der Waals surface area contributed by atoms with E-state index < -0.39 is 7.05 Å². The topological polar surface area (TPSA) is 35.8 Å². The Labute approximate surface area is 69.2 Å². The predicted molar refractivity (Wildman–Crippen MR) is 49.6 cm³/mol. The fourth-order valence-electron chi connectivity index (χ4n) is 0.858. The van der Waals surface area contributed by atoms with E-state index in [4.69, 9.17) is 0 Å². The van der Waals surface area contributed by atoms with Crippen molar-refractivity contribution in [2.75, 3.05) is 0 Å². The molecule has 0 aromatic heterocycles. The van der Waals surface area contributed by atoms with E-state index in [0.29, 0.717) is 0 Å². The maximum Gasteiger partial charge on any atom is 0.432 e. The molecule has 0 bridgehead atoms. The third-order valence-electron chi connectivity index (χ3n) is 1.56. The molecule has 0 aromatic carbocycles. The smallest absolute Gasteiger partial charge is 0.431 e. The van der Waals surface area contributed by atoms with Crippen LogP contribution in [-0.2, 0) is 0 Å². The second-order valence-corrected chi connectivity index (χ2v) is 3.27. The highest BCUT2D eigenvalue weighted by molar-refractivity contribution is 6.48. The summed E-state index contributed by atoms with van der Waals surface area (Å²) in [5.41, 5.74) is 0. The van der Waals surface area contributed by atoms with E-state index in [2.05, 4.69) is 11.8 Å². The summed E-state index contributed by atoms with van der Waals surface area (Å²) >= 11 is 0. The van der Waals surface area contributed by atoms with E-state index in [1.807, 2.05) is 27.7 Å². The largest absolute Gasteiger partial charge is 0.432 e. The van der Waals surface area contributed by atoms with Crippen molar-refractivity contribution in [3.63, 3.8) is 0 Å². The van der Waals surface area contributed by atoms with Gasteiger partial charge in [-0.15, -0.1) is 0 Å². The molecule has 64 valence electrons. The predicted octanol–water partition coefficient (Wildman–Crippen LogP) is 1.20. The molecule has 11 heavy (non-hydrogen) atoms. The summed E-state index contributed by atoms with van der Waals surface area (Å²) in [6, 6.07) is 0.199. The standard InChI is InChI=1S/C7H17BN2O/c1-6(2)8(11)10(9-5)7(3)4/h6-7,11H,5H2,1-4H3. The second-order valence-electron chi connectivity index (χ2n) is 3.27. The van der Waals surface area contributed by atoms with Crippen LogP contribution in [0.25, 0.3) is 0 Å². The molecule has 0 radical (unpaired) electrons. The average molecular weight is 156 g/mol. The van der Waals surface area contributed by atoms with Gasteiger partial charge in [-0.05, 0) is 19.7 Å². The van der Waals surface area contributed by atoms with Gasteiger partial charge in [0.15, 0.2) is 0 Å². The van der Waals surface area contributed by atoms with Crippen LogP contribution in [0, 0.1) is 0 Å². The zero-order chi connectivity index (χ0) is 9.02. The van der Waals surface area contributed by atoms with Gasteiger partial charge in [-0.25, -0.2) is 5.10 Å². The van der Waals surface area contributed by atoms with Gasteiger partial charge in [-0.1, -0.05) is 13.8 Å². The number of hydrogen-bond donors (Lipinski definition) is 1. The van der Waals surface area contributed by atoms with E-state index in [1.54, 1.807) is 4.92 Å².